The topological polar surface area (TPSA) is 87.9 Å². The highest BCUT2D eigenvalue weighted by molar-refractivity contribution is 6.30. The van der Waals surface area contributed by atoms with Crippen LogP contribution < -0.4 is 4.74 Å². The van der Waals surface area contributed by atoms with E-state index in [9.17, 15) is 14.0 Å². The Morgan fingerprint density at radius 3 is 2.41 bits per heavy atom. The van der Waals surface area contributed by atoms with Crippen molar-refractivity contribution in [2.24, 2.45) is 0 Å². The van der Waals surface area contributed by atoms with Gasteiger partial charge >= 0.3 is 12.0 Å². The predicted octanol–water partition coefficient (Wildman–Crippen LogP) is 3.95. The molecule has 8 nitrogen and oxygen atoms in total. The lowest BCUT2D eigenvalue weighted by atomic mass is 10.1. The molecule has 10 heteroatoms. The molecule has 166 valence electrons. The number of ether oxygens (including phenoxy) is 1. The molecule has 1 N–H and O–H groups in total. The summed E-state index contributed by atoms with van der Waals surface area (Å²) < 4.78 is 20.9. The number of aromatic carboxylic acids is 1. The van der Waals surface area contributed by atoms with Crippen LogP contribution in [-0.2, 0) is 6.54 Å². The van der Waals surface area contributed by atoms with E-state index in [4.69, 9.17) is 21.4 Å². The molecule has 0 bridgehead atoms. The van der Waals surface area contributed by atoms with Gasteiger partial charge in [-0.05, 0) is 48.0 Å². The van der Waals surface area contributed by atoms with Crippen molar-refractivity contribution in [2.75, 3.05) is 26.2 Å². The van der Waals surface area contributed by atoms with Crippen molar-refractivity contribution in [3.63, 3.8) is 0 Å². The third-order valence-electron chi connectivity index (χ3n) is 5.03. The quantitative estimate of drug-likeness (QED) is 0.622. The number of piperazine rings is 1. The van der Waals surface area contributed by atoms with Crippen LogP contribution in [0.3, 0.4) is 0 Å². The number of nitrogens with zero attached hydrogens (tertiary/aromatic N) is 4. The zero-order chi connectivity index (χ0) is 22.7. The summed E-state index contributed by atoms with van der Waals surface area (Å²) in [6.07, 6.45) is 1.34. The Hall–Kier alpha value is -3.43. The number of halogens is 2. The molecule has 2 heterocycles. The van der Waals surface area contributed by atoms with E-state index in [1.54, 1.807) is 35.2 Å². The highest BCUT2D eigenvalue weighted by atomic mass is 35.5. The van der Waals surface area contributed by atoms with Crippen molar-refractivity contribution in [3.8, 4) is 11.5 Å². The number of hydrogen-bond donors (Lipinski definition) is 1. The van der Waals surface area contributed by atoms with E-state index in [0.717, 1.165) is 10.2 Å². The number of carboxylic acid groups (broad SMARTS) is 1. The van der Waals surface area contributed by atoms with Crippen LogP contribution in [0.25, 0.3) is 0 Å². The Balaban J connectivity index is 1.35. The summed E-state index contributed by atoms with van der Waals surface area (Å²) >= 11 is 5.88. The van der Waals surface area contributed by atoms with Gasteiger partial charge in [0, 0.05) is 50.0 Å². The Morgan fingerprint density at radius 1 is 1.03 bits per heavy atom. The first-order valence-electron chi connectivity index (χ1n) is 9.91. The van der Waals surface area contributed by atoms with Crippen molar-refractivity contribution < 1.29 is 23.8 Å². The summed E-state index contributed by atoms with van der Waals surface area (Å²) in [5, 5.41) is 13.3. The maximum Gasteiger partial charge on any atom is 0.356 e. The number of carboxylic acids is 1. The van der Waals surface area contributed by atoms with Crippen molar-refractivity contribution in [1.29, 1.82) is 0 Å². The van der Waals surface area contributed by atoms with E-state index in [0.29, 0.717) is 49.2 Å². The molecule has 4 rings (SSSR count). The average Bonchev–Trinajstić information content (AvgIpc) is 3.26. The number of hydrogen-bond acceptors (Lipinski definition) is 5. The van der Waals surface area contributed by atoms with E-state index < -0.39 is 11.8 Å². The van der Waals surface area contributed by atoms with Gasteiger partial charge in [-0.2, -0.15) is 9.78 Å². The van der Waals surface area contributed by atoms with Crippen LogP contribution >= 0.6 is 11.6 Å². The molecule has 32 heavy (non-hydrogen) atoms. The predicted molar refractivity (Wildman–Crippen MR) is 115 cm³/mol. The molecular weight excluding hydrogens is 439 g/mol. The second kappa shape index (κ2) is 9.37. The molecule has 0 aliphatic carbocycles. The summed E-state index contributed by atoms with van der Waals surface area (Å²) in [6.45, 7) is 2.57. The van der Waals surface area contributed by atoms with Crippen LogP contribution in [0, 0.1) is 5.82 Å². The van der Waals surface area contributed by atoms with Crippen molar-refractivity contribution >= 4 is 23.6 Å². The monoisotopic (exact) mass is 458 g/mol. The molecule has 1 aliphatic heterocycles. The fourth-order valence-electron chi connectivity index (χ4n) is 3.45. The second-order valence-corrected chi connectivity index (χ2v) is 7.78. The van der Waals surface area contributed by atoms with E-state index in [2.05, 4.69) is 10.00 Å². The molecule has 3 aromatic rings. The molecule has 0 radical (unpaired) electrons. The first-order valence-corrected chi connectivity index (χ1v) is 10.3. The number of carbonyl (C=O) groups excluding carboxylic acids is 1. The highest BCUT2D eigenvalue weighted by Crippen LogP contribution is 2.25. The van der Waals surface area contributed by atoms with Gasteiger partial charge in [0.25, 0.3) is 0 Å². The van der Waals surface area contributed by atoms with E-state index in [1.807, 2.05) is 0 Å². The molecular formula is C22H20ClFN4O4. The summed E-state index contributed by atoms with van der Waals surface area (Å²) in [4.78, 5) is 27.2. The fraction of sp³-hybridized carbons (Fsp3) is 0.227. The first-order chi connectivity index (χ1) is 15.4. The molecule has 2 aromatic carbocycles. The molecule has 0 atom stereocenters. The Kier molecular flexibility index (Phi) is 6.38. The minimum absolute atomic E-state index is 0.181. The lowest BCUT2D eigenvalue weighted by Gasteiger charge is -2.34. The largest absolute Gasteiger partial charge is 0.476 e. The lowest BCUT2D eigenvalue weighted by molar-refractivity contribution is 0.0689. The maximum absolute atomic E-state index is 14.1. The van der Waals surface area contributed by atoms with Gasteiger partial charge in [0.2, 0.25) is 0 Å². The number of carbonyl (C=O) groups is 2. The van der Waals surface area contributed by atoms with E-state index in [-0.39, 0.29) is 11.7 Å². The first kappa shape index (κ1) is 21.8. The second-order valence-electron chi connectivity index (χ2n) is 7.35. The van der Waals surface area contributed by atoms with E-state index >= 15 is 0 Å². The standard InChI is InChI=1S/C22H20ClFN4O4/c23-16-1-3-18(4-2-16)32-19-12-15(11-17(24)13-19)14-26-7-9-27(10-8-26)22(31)28-6-5-20(25-28)21(29)30/h1-6,11-13H,7-10,14H2,(H,29,30). The van der Waals surface area contributed by atoms with Gasteiger partial charge in [-0.3, -0.25) is 4.90 Å². The van der Waals surface area contributed by atoms with Crippen molar-refractivity contribution in [3.05, 3.63) is 76.8 Å². The third-order valence-corrected chi connectivity index (χ3v) is 5.29. The van der Waals surface area contributed by atoms with Gasteiger partial charge in [0.05, 0.1) is 0 Å². The zero-order valence-corrected chi connectivity index (χ0v) is 17.7. The normalized spacial score (nSPS) is 14.4. The van der Waals surface area contributed by atoms with E-state index in [1.165, 1.54) is 24.4 Å². The SMILES string of the molecule is O=C(O)c1ccn(C(=O)N2CCN(Cc3cc(F)cc(Oc4ccc(Cl)cc4)c3)CC2)n1. The van der Waals surface area contributed by atoms with Crippen molar-refractivity contribution in [1.82, 2.24) is 19.6 Å². The minimum atomic E-state index is -1.18. The van der Waals surface area contributed by atoms with Crippen LogP contribution in [0.2, 0.25) is 5.02 Å². The Labute approximate surface area is 188 Å². The maximum atomic E-state index is 14.1. The molecule has 0 spiro atoms. The number of benzene rings is 2. The number of amides is 1. The van der Waals surface area contributed by atoms with Crippen LogP contribution in [0.1, 0.15) is 16.1 Å². The molecule has 1 saturated heterocycles. The molecule has 1 fully saturated rings. The smallest absolute Gasteiger partial charge is 0.356 e. The zero-order valence-electron chi connectivity index (χ0n) is 16.9. The molecule has 1 amide bonds. The average molecular weight is 459 g/mol. The number of aromatic nitrogens is 2. The molecule has 0 saturated carbocycles. The summed E-state index contributed by atoms with van der Waals surface area (Å²) in [6, 6.07) is 12.3. The number of rotatable bonds is 5. The van der Waals surface area contributed by atoms with Gasteiger partial charge in [0.15, 0.2) is 5.69 Å². The van der Waals surface area contributed by atoms with Crippen molar-refractivity contribution in [2.45, 2.75) is 6.54 Å². The van der Waals surface area contributed by atoms with Gasteiger partial charge < -0.3 is 14.7 Å². The van der Waals surface area contributed by atoms with Crippen LogP contribution in [0.15, 0.2) is 54.7 Å². The van der Waals surface area contributed by atoms with Gasteiger partial charge in [-0.15, -0.1) is 0 Å². The van der Waals surface area contributed by atoms with Gasteiger partial charge in [-0.1, -0.05) is 11.6 Å². The summed E-state index contributed by atoms with van der Waals surface area (Å²) in [7, 11) is 0. The molecule has 1 aliphatic rings. The highest BCUT2D eigenvalue weighted by Gasteiger charge is 2.23. The van der Waals surface area contributed by atoms with Gasteiger partial charge in [0.1, 0.15) is 17.3 Å². The van der Waals surface area contributed by atoms with Crippen LogP contribution in [-0.4, -0.2) is 62.9 Å². The van der Waals surface area contributed by atoms with Crippen LogP contribution in [0.5, 0.6) is 11.5 Å². The third kappa shape index (κ3) is 5.24. The summed E-state index contributed by atoms with van der Waals surface area (Å²) in [5.74, 6) is -0.629. The van der Waals surface area contributed by atoms with Gasteiger partial charge in [-0.25, -0.2) is 14.0 Å². The van der Waals surface area contributed by atoms with Crippen LogP contribution in [0.4, 0.5) is 9.18 Å². The molecule has 1 aromatic heterocycles. The lowest BCUT2D eigenvalue weighted by Crippen LogP contribution is -2.49. The fourth-order valence-corrected chi connectivity index (χ4v) is 3.58. The minimum Gasteiger partial charge on any atom is -0.476 e. The Bertz CT molecular complexity index is 1130. The Morgan fingerprint density at radius 2 is 1.75 bits per heavy atom. The summed E-state index contributed by atoms with van der Waals surface area (Å²) in [5.41, 5.74) is 0.576. The molecule has 0 unspecified atom stereocenters.